The van der Waals surface area contributed by atoms with Gasteiger partial charge in [0.2, 0.25) is 0 Å². The van der Waals surface area contributed by atoms with Crippen molar-refractivity contribution in [2.24, 2.45) is 0 Å². The highest BCUT2D eigenvalue weighted by atomic mass is 32.2. The van der Waals surface area contributed by atoms with Crippen LogP contribution in [-0.4, -0.2) is 19.4 Å². The highest BCUT2D eigenvalue weighted by Gasteiger charge is 2.22. The second-order valence-corrected chi connectivity index (χ2v) is 8.01. The lowest BCUT2D eigenvalue weighted by Crippen LogP contribution is -2.33. The van der Waals surface area contributed by atoms with Gasteiger partial charge in [-0.2, -0.15) is 0 Å². The summed E-state index contributed by atoms with van der Waals surface area (Å²) in [6.07, 6.45) is 2.65. The van der Waals surface area contributed by atoms with E-state index in [4.69, 9.17) is 4.74 Å². The highest BCUT2D eigenvalue weighted by Crippen LogP contribution is 2.23. The van der Waals surface area contributed by atoms with E-state index in [0.29, 0.717) is 10.3 Å². The van der Waals surface area contributed by atoms with Crippen LogP contribution in [0.3, 0.4) is 0 Å². The van der Waals surface area contributed by atoms with Crippen LogP contribution < -0.4 is 9.45 Å². The lowest BCUT2D eigenvalue weighted by atomic mass is 10.2. The lowest BCUT2D eigenvalue weighted by Gasteiger charge is -2.14. The number of hydrogen-bond acceptors (Lipinski definition) is 6. The Morgan fingerprint density at radius 1 is 1.17 bits per heavy atom. The molecule has 0 amide bonds. The Morgan fingerprint density at radius 3 is 2.69 bits per heavy atom. The number of benzene rings is 2. The van der Waals surface area contributed by atoms with E-state index in [9.17, 15) is 18.4 Å². The predicted octanol–water partition coefficient (Wildman–Crippen LogP) is 2.49. The summed E-state index contributed by atoms with van der Waals surface area (Å²) in [5.41, 5.74) is 1.48. The third-order valence-electron chi connectivity index (χ3n) is 4.14. The summed E-state index contributed by atoms with van der Waals surface area (Å²) in [5, 5.41) is 11.6. The van der Waals surface area contributed by atoms with Gasteiger partial charge in [0.25, 0.3) is 10.0 Å². The minimum absolute atomic E-state index is 0.00861. The van der Waals surface area contributed by atoms with Crippen LogP contribution in [0.5, 0.6) is 0 Å². The van der Waals surface area contributed by atoms with Crippen LogP contribution in [0.2, 0.25) is 0 Å². The summed E-state index contributed by atoms with van der Waals surface area (Å²) < 4.78 is 33.8. The molecule has 0 spiro atoms. The van der Waals surface area contributed by atoms with Crippen molar-refractivity contribution in [2.75, 3.05) is 4.72 Å². The molecule has 0 bridgehead atoms. The predicted molar refractivity (Wildman–Crippen MR) is 105 cm³/mol. The monoisotopic (exact) mass is 413 g/mol. The molecule has 29 heavy (non-hydrogen) atoms. The van der Waals surface area contributed by atoms with Gasteiger partial charge in [-0.25, -0.2) is 17.9 Å². The lowest BCUT2D eigenvalue weighted by molar-refractivity contribution is -0.620. The largest absolute Gasteiger partial charge is 0.711 e. The molecule has 3 rings (SSSR count). The zero-order valence-corrected chi connectivity index (χ0v) is 16.6. The Balaban J connectivity index is 1.84. The summed E-state index contributed by atoms with van der Waals surface area (Å²) in [4.78, 5) is 16.5. The fourth-order valence-electron chi connectivity index (χ4n) is 2.64. The van der Waals surface area contributed by atoms with Crippen LogP contribution in [-0.2, 0) is 21.4 Å². The minimum atomic E-state index is -3.92. The molecule has 1 aromatic heterocycles. The normalized spacial score (nSPS) is 11.1. The van der Waals surface area contributed by atoms with Crippen molar-refractivity contribution in [1.29, 1.82) is 0 Å². The first-order valence-corrected chi connectivity index (χ1v) is 10.2. The maximum atomic E-state index is 12.9. The van der Waals surface area contributed by atoms with Gasteiger partial charge in [0.05, 0.1) is 22.3 Å². The Kier molecular flexibility index (Phi) is 5.79. The van der Waals surface area contributed by atoms with E-state index < -0.39 is 16.0 Å². The first-order valence-electron chi connectivity index (χ1n) is 8.67. The summed E-state index contributed by atoms with van der Waals surface area (Å²) in [7, 11) is -3.92. The maximum Gasteiger partial charge on any atom is 0.340 e. The van der Waals surface area contributed by atoms with Crippen LogP contribution in [0, 0.1) is 19.1 Å². The average molecular weight is 413 g/mol. The van der Waals surface area contributed by atoms with E-state index >= 15 is 0 Å². The van der Waals surface area contributed by atoms with Crippen LogP contribution in [0.25, 0.3) is 0 Å². The average Bonchev–Trinajstić information content (AvgIpc) is 2.69. The van der Waals surface area contributed by atoms with Crippen molar-refractivity contribution < 1.29 is 22.7 Å². The number of aryl methyl sites for hydroxylation is 2. The molecule has 0 radical (unpaired) electrons. The third-order valence-corrected chi connectivity index (χ3v) is 5.65. The number of para-hydroxylation sites is 1. The molecular formula is C20H19N3O5S. The van der Waals surface area contributed by atoms with E-state index in [1.807, 2.05) is 6.07 Å². The standard InChI is InChI=1S/C20H19N3O5S/c1-14-8-9-15(2)18(12-14)29(26,27)22-17-7-4-3-6-16(17)20(24)28-13-19-21-10-5-11-23(19)25/h3-12,22H,13H2,1-2H3. The van der Waals surface area contributed by atoms with Crippen LogP contribution in [0.4, 0.5) is 5.69 Å². The van der Waals surface area contributed by atoms with Crippen molar-refractivity contribution in [3.8, 4) is 0 Å². The number of rotatable bonds is 6. The number of carbonyl (C=O) groups excluding carboxylic acids is 1. The van der Waals surface area contributed by atoms with E-state index in [1.165, 1.54) is 30.6 Å². The molecule has 0 saturated carbocycles. The Hall–Kier alpha value is -3.46. The van der Waals surface area contributed by atoms with Gasteiger partial charge in [-0.3, -0.25) is 4.72 Å². The third kappa shape index (κ3) is 4.69. The van der Waals surface area contributed by atoms with Crippen LogP contribution >= 0.6 is 0 Å². The van der Waals surface area contributed by atoms with Crippen molar-refractivity contribution in [3.63, 3.8) is 0 Å². The van der Waals surface area contributed by atoms with Gasteiger partial charge < -0.3 is 9.94 Å². The number of anilines is 1. The summed E-state index contributed by atoms with van der Waals surface area (Å²) >= 11 is 0. The smallest absolute Gasteiger partial charge is 0.340 e. The molecule has 0 aliphatic rings. The Morgan fingerprint density at radius 2 is 1.93 bits per heavy atom. The molecule has 0 aliphatic carbocycles. The second-order valence-electron chi connectivity index (χ2n) is 6.36. The number of ether oxygens (including phenoxy) is 1. The van der Waals surface area contributed by atoms with Gasteiger partial charge in [0.15, 0.2) is 6.61 Å². The molecule has 1 N–H and O–H groups in total. The molecular weight excluding hydrogens is 394 g/mol. The van der Waals surface area contributed by atoms with Crippen molar-refractivity contribution in [1.82, 2.24) is 4.98 Å². The number of hydrogen-bond donors (Lipinski definition) is 1. The van der Waals surface area contributed by atoms with E-state index in [1.54, 1.807) is 38.1 Å². The molecule has 150 valence electrons. The molecule has 0 aliphatic heterocycles. The minimum Gasteiger partial charge on any atom is -0.711 e. The Bertz CT molecular complexity index is 1160. The number of sulfonamides is 1. The zero-order valence-electron chi connectivity index (χ0n) is 15.8. The van der Waals surface area contributed by atoms with Crippen LogP contribution in [0.1, 0.15) is 27.3 Å². The summed E-state index contributed by atoms with van der Waals surface area (Å²) in [6, 6.07) is 12.6. The topological polar surface area (TPSA) is 112 Å². The fraction of sp³-hybridized carbons (Fsp3) is 0.150. The van der Waals surface area contributed by atoms with Crippen LogP contribution in [0.15, 0.2) is 65.8 Å². The first-order chi connectivity index (χ1) is 13.8. The van der Waals surface area contributed by atoms with E-state index in [2.05, 4.69) is 9.71 Å². The SMILES string of the molecule is Cc1ccc(C)c(S(=O)(=O)Nc2ccccc2C(=O)OCc2nccc[n+]2[O-])c1. The molecule has 3 aromatic rings. The molecule has 0 unspecified atom stereocenters. The molecule has 0 atom stereocenters. The van der Waals surface area contributed by atoms with Crippen molar-refractivity contribution >= 4 is 21.7 Å². The highest BCUT2D eigenvalue weighted by molar-refractivity contribution is 7.92. The summed E-state index contributed by atoms with van der Waals surface area (Å²) in [5.74, 6) is -0.774. The van der Waals surface area contributed by atoms with Crippen molar-refractivity contribution in [2.45, 2.75) is 25.3 Å². The molecule has 9 heteroatoms. The molecule has 1 heterocycles. The van der Waals surface area contributed by atoms with E-state index in [-0.39, 0.29) is 28.6 Å². The second kappa shape index (κ2) is 8.27. The number of carbonyl (C=O) groups is 1. The molecule has 0 fully saturated rings. The molecule has 2 aromatic carbocycles. The maximum absolute atomic E-state index is 12.9. The van der Waals surface area contributed by atoms with Crippen molar-refractivity contribution in [3.05, 3.63) is 88.6 Å². The molecule has 0 saturated heterocycles. The quantitative estimate of drug-likeness (QED) is 0.377. The zero-order chi connectivity index (χ0) is 21.0. The fourth-order valence-corrected chi connectivity index (χ4v) is 4.05. The van der Waals surface area contributed by atoms with Gasteiger partial charge in [0, 0.05) is 6.07 Å². The van der Waals surface area contributed by atoms with Gasteiger partial charge in [-0.15, -0.1) is 0 Å². The number of aromatic nitrogens is 2. The Labute approximate surface area is 168 Å². The van der Waals surface area contributed by atoms with Gasteiger partial charge in [-0.05, 0) is 48.2 Å². The number of esters is 1. The van der Waals surface area contributed by atoms with E-state index in [0.717, 1.165) is 5.56 Å². The van der Waals surface area contributed by atoms with Gasteiger partial charge >= 0.3 is 11.8 Å². The van der Waals surface area contributed by atoms with Gasteiger partial charge in [-0.1, -0.05) is 24.3 Å². The number of nitrogens with one attached hydrogen (secondary N) is 1. The first kappa shape index (κ1) is 20.3. The molecule has 8 nitrogen and oxygen atoms in total. The number of nitrogens with zero attached hydrogens (tertiary/aromatic N) is 2. The summed E-state index contributed by atoms with van der Waals surface area (Å²) in [6.45, 7) is 3.14. The van der Waals surface area contributed by atoms with Gasteiger partial charge in [0.1, 0.15) is 6.20 Å².